The number of aliphatic carboxylic acids is 1. The Hall–Kier alpha value is -4.36. The van der Waals surface area contributed by atoms with Crippen molar-refractivity contribution in [1.82, 2.24) is 9.78 Å². The van der Waals surface area contributed by atoms with Crippen LogP contribution in [-0.2, 0) is 11.4 Å². The molecular weight excluding hydrogens is 538 g/mol. The van der Waals surface area contributed by atoms with Gasteiger partial charge in [-0.05, 0) is 97.1 Å². The summed E-state index contributed by atoms with van der Waals surface area (Å²) in [6.07, 6.45) is 7.26. The molecule has 1 aliphatic rings. The van der Waals surface area contributed by atoms with Crippen LogP contribution in [0.3, 0.4) is 0 Å². The lowest BCUT2D eigenvalue weighted by molar-refractivity contribution is -0.132. The highest BCUT2D eigenvalue weighted by molar-refractivity contribution is 6.30. The van der Waals surface area contributed by atoms with Crippen molar-refractivity contribution in [2.75, 3.05) is 0 Å². The van der Waals surface area contributed by atoms with Crippen molar-refractivity contribution in [3.05, 3.63) is 100 Å². The molecule has 4 aromatic rings. The predicted octanol–water partition coefficient (Wildman–Crippen LogP) is 7.54. The molecule has 0 saturated heterocycles. The highest BCUT2D eigenvalue weighted by Gasteiger charge is 2.21. The third kappa shape index (κ3) is 6.69. The molecule has 0 unspecified atom stereocenters. The monoisotopic (exact) mass is 569 g/mol. The zero-order valence-electron chi connectivity index (χ0n) is 22.8. The Kier molecular flexibility index (Phi) is 8.55. The van der Waals surface area contributed by atoms with Crippen LogP contribution in [0.5, 0.6) is 5.75 Å². The van der Waals surface area contributed by atoms with Gasteiger partial charge in [0, 0.05) is 21.7 Å². The van der Waals surface area contributed by atoms with Crippen LogP contribution in [0.15, 0.2) is 78.4 Å². The molecule has 0 spiro atoms. The molecule has 1 aromatic heterocycles. The standard InChI is InChI=1S/C33H32ClN3O4/c1-21(33(39)40)17-27-19-31(37(36-27)28-5-3-2-4-6-28)23-9-14-29(15-10-23)41-20-25-18-24(32(35)38)11-16-30(25)22-7-12-26(34)13-8-22/h7-19,28H,2-6,20H2,1H3,(H2,35,38)(H,39,40)/b21-17+. The summed E-state index contributed by atoms with van der Waals surface area (Å²) in [5.74, 6) is -0.785. The Bertz CT molecular complexity index is 1580. The molecular formula is C33H32ClN3O4. The summed E-state index contributed by atoms with van der Waals surface area (Å²) in [7, 11) is 0. The maximum absolute atomic E-state index is 11.9. The number of carbonyl (C=O) groups excluding carboxylic acids is 1. The highest BCUT2D eigenvalue weighted by Crippen LogP contribution is 2.34. The minimum absolute atomic E-state index is 0.238. The van der Waals surface area contributed by atoms with Crippen LogP contribution in [0.4, 0.5) is 0 Å². The Morgan fingerprint density at radius 3 is 2.34 bits per heavy atom. The van der Waals surface area contributed by atoms with E-state index in [0.29, 0.717) is 22.0 Å². The molecule has 1 saturated carbocycles. The lowest BCUT2D eigenvalue weighted by Crippen LogP contribution is -2.15. The van der Waals surface area contributed by atoms with Crippen molar-refractivity contribution in [2.45, 2.75) is 51.7 Å². The maximum atomic E-state index is 11.9. The van der Waals surface area contributed by atoms with Crippen LogP contribution in [0.2, 0.25) is 5.02 Å². The van der Waals surface area contributed by atoms with E-state index in [4.69, 9.17) is 27.2 Å². The number of carboxylic acid groups (broad SMARTS) is 1. The average molecular weight is 570 g/mol. The number of rotatable bonds is 9. The Morgan fingerprint density at radius 2 is 1.68 bits per heavy atom. The number of primary amides is 1. The smallest absolute Gasteiger partial charge is 0.331 e. The van der Waals surface area contributed by atoms with E-state index in [1.807, 2.05) is 60.7 Å². The van der Waals surface area contributed by atoms with Gasteiger partial charge < -0.3 is 15.6 Å². The van der Waals surface area contributed by atoms with Gasteiger partial charge in [-0.3, -0.25) is 9.48 Å². The zero-order chi connectivity index (χ0) is 28.9. The molecule has 210 valence electrons. The number of nitrogens with zero attached hydrogens (tertiary/aromatic N) is 2. The third-order valence-corrected chi connectivity index (χ3v) is 7.72. The molecule has 8 heteroatoms. The second-order valence-electron chi connectivity index (χ2n) is 10.4. The fourth-order valence-electron chi connectivity index (χ4n) is 5.25. The highest BCUT2D eigenvalue weighted by atomic mass is 35.5. The van der Waals surface area contributed by atoms with Gasteiger partial charge in [0.2, 0.25) is 5.91 Å². The average Bonchev–Trinajstić information content (AvgIpc) is 3.40. The fourth-order valence-corrected chi connectivity index (χ4v) is 5.37. The van der Waals surface area contributed by atoms with E-state index < -0.39 is 11.9 Å². The summed E-state index contributed by atoms with van der Waals surface area (Å²) >= 11 is 6.08. The van der Waals surface area contributed by atoms with Gasteiger partial charge >= 0.3 is 5.97 Å². The number of aromatic nitrogens is 2. The summed E-state index contributed by atoms with van der Waals surface area (Å²) in [4.78, 5) is 23.2. The minimum atomic E-state index is -0.958. The second-order valence-corrected chi connectivity index (χ2v) is 10.8. The van der Waals surface area contributed by atoms with E-state index in [9.17, 15) is 14.7 Å². The summed E-state index contributed by atoms with van der Waals surface area (Å²) in [5.41, 5.74) is 11.5. The lowest BCUT2D eigenvalue weighted by Gasteiger charge is -2.24. The van der Waals surface area contributed by atoms with Crippen molar-refractivity contribution in [1.29, 1.82) is 0 Å². The van der Waals surface area contributed by atoms with Crippen molar-refractivity contribution in [2.24, 2.45) is 5.73 Å². The van der Waals surface area contributed by atoms with Crippen LogP contribution in [0.1, 0.15) is 66.7 Å². The van der Waals surface area contributed by atoms with Crippen LogP contribution < -0.4 is 10.5 Å². The van der Waals surface area contributed by atoms with Crippen LogP contribution in [-0.4, -0.2) is 26.8 Å². The van der Waals surface area contributed by atoms with Crippen LogP contribution in [0.25, 0.3) is 28.5 Å². The first-order valence-corrected chi connectivity index (χ1v) is 14.1. The van der Waals surface area contributed by atoms with Crippen molar-refractivity contribution < 1.29 is 19.4 Å². The van der Waals surface area contributed by atoms with Crippen molar-refractivity contribution in [3.63, 3.8) is 0 Å². The van der Waals surface area contributed by atoms with E-state index in [1.165, 1.54) is 6.42 Å². The molecule has 0 atom stereocenters. The van der Waals surface area contributed by atoms with Gasteiger partial charge in [-0.25, -0.2) is 4.79 Å². The summed E-state index contributed by atoms with van der Waals surface area (Å²) < 4.78 is 8.22. The number of hydrogen-bond acceptors (Lipinski definition) is 4. The lowest BCUT2D eigenvalue weighted by atomic mass is 9.95. The maximum Gasteiger partial charge on any atom is 0.331 e. The topological polar surface area (TPSA) is 107 Å². The minimum Gasteiger partial charge on any atom is -0.489 e. The fraction of sp³-hybridized carbons (Fsp3) is 0.242. The van der Waals surface area contributed by atoms with E-state index in [2.05, 4.69) is 4.68 Å². The SMILES string of the molecule is C/C(=C\c1cc(-c2ccc(OCc3cc(C(N)=O)ccc3-c3ccc(Cl)cc3)cc2)n(C2CCCCC2)n1)C(=O)O. The first-order chi connectivity index (χ1) is 19.8. The molecule has 1 amide bonds. The zero-order valence-corrected chi connectivity index (χ0v) is 23.6. The van der Waals surface area contributed by atoms with Crippen LogP contribution in [0, 0.1) is 0 Å². The van der Waals surface area contributed by atoms with E-state index in [-0.39, 0.29) is 18.2 Å². The van der Waals surface area contributed by atoms with E-state index in [1.54, 1.807) is 25.1 Å². The number of carboxylic acids is 1. The first kappa shape index (κ1) is 28.2. The molecule has 0 aliphatic heterocycles. The van der Waals surface area contributed by atoms with Gasteiger partial charge in [0.25, 0.3) is 0 Å². The molecule has 3 N–H and O–H groups in total. The van der Waals surface area contributed by atoms with Gasteiger partial charge in [-0.15, -0.1) is 0 Å². The van der Waals surface area contributed by atoms with Gasteiger partial charge in [-0.1, -0.05) is 49.1 Å². The number of hydrogen-bond donors (Lipinski definition) is 2. The first-order valence-electron chi connectivity index (χ1n) is 13.7. The molecule has 5 rings (SSSR count). The molecule has 41 heavy (non-hydrogen) atoms. The summed E-state index contributed by atoms with van der Waals surface area (Å²) in [6.45, 7) is 1.81. The number of halogens is 1. The Labute approximate surface area is 244 Å². The Morgan fingerprint density at radius 1 is 1.00 bits per heavy atom. The molecule has 0 radical (unpaired) electrons. The number of amides is 1. The van der Waals surface area contributed by atoms with Gasteiger partial charge in [-0.2, -0.15) is 5.10 Å². The number of benzene rings is 3. The summed E-state index contributed by atoms with van der Waals surface area (Å²) in [6, 6.07) is 22.9. The molecule has 0 bridgehead atoms. The van der Waals surface area contributed by atoms with Crippen molar-refractivity contribution in [3.8, 4) is 28.1 Å². The Balaban J connectivity index is 1.40. The quantitative estimate of drug-likeness (QED) is 0.202. The second kappa shape index (κ2) is 12.4. The summed E-state index contributed by atoms with van der Waals surface area (Å²) in [5, 5.41) is 14.8. The molecule has 1 heterocycles. The normalized spacial score (nSPS) is 14.1. The molecule has 1 aliphatic carbocycles. The number of nitrogens with two attached hydrogens (primary N) is 1. The predicted molar refractivity (Wildman–Crippen MR) is 161 cm³/mol. The van der Waals surface area contributed by atoms with E-state index in [0.717, 1.165) is 53.6 Å². The van der Waals surface area contributed by atoms with E-state index >= 15 is 0 Å². The van der Waals surface area contributed by atoms with Crippen molar-refractivity contribution >= 4 is 29.6 Å². The third-order valence-electron chi connectivity index (χ3n) is 7.47. The molecule has 7 nitrogen and oxygen atoms in total. The number of carbonyl (C=O) groups is 2. The van der Waals surface area contributed by atoms with Gasteiger partial charge in [0.1, 0.15) is 12.4 Å². The molecule has 3 aromatic carbocycles. The van der Waals surface area contributed by atoms with Gasteiger partial charge in [0.05, 0.1) is 17.4 Å². The molecule has 1 fully saturated rings. The largest absolute Gasteiger partial charge is 0.489 e. The van der Waals surface area contributed by atoms with Gasteiger partial charge in [0.15, 0.2) is 0 Å². The van der Waals surface area contributed by atoms with Crippen LogP contribution >= 0.6 is 11.6 Å². The number of ether oxygens (including phenoxy) is 1.